The van der Waals surface area contributed by atoms with Gasteiger partial charge in [-0.05, 0) is 26.7 Å². The maximum Gasteiger partial charge on any atom is 0.105 e. The fourth-order valence-corrected chi connectivity index (χ4v) is 2.29. The van der Waals surface area contributed by atoms with Crippen molar-refractivity contribution in [3.63, 3.8) is 0 Å². The lowest BCUT2D eigenvalue weighted by Crippen LogP contribution is -2.52. The molecule has 0 spiro atoms. The smallest absolute Gasteiger partial charge is 0.105 e. The zero-order chi connectivity index (χ0) is 11.7. The monoisotopic (exact) mass is 216 g/mol. The van der Waals surface area contributed by atoms with E-state index in [4.69, 9.17) is 0 Å². The Kier molecular flexibility index (Phi) is 8.07. The Morgan fingerprint density at radius 3 is 1.73 bits per heavy atom. The van der Waals surface area contributed by atoms with Gasteiger partial charge in [0, 0.05) is 0 Å². The van der Waals surface area contributed by atoms with E-state index in [-0.39, 0.29) is 6.10 Å². The molecule has 0 rings (SSSR count). The summed E-state index contributed by atoms with van der Waals surface area (Å²) in [6, 6.07) is 0. The van der Waals surface area contributed by atoms with Crippen LogP contribution >= 0.6 is 0 Å². The predicted molar refractivity (Wildman–Crippen MR) is 66.9 cm³/mol. The van der Waals surface area contributed by atoms with Gasteiger partial charge in [0.2, 0.25) is 0 Å². The first-order chi connectivity index (χ1) is 7.10. The van der Waals surface area contributed by atoms with E-state index in [1.54, 1.807) is 0 Å². The van der Waals surface area contributed by atoms with E-state index in [9.17, 15) is 5.11 Å². The molecular formula is C13H30NO+. The topological polar surface area (TPSA) is 20.2 Å². The van der Waals surface area contributed by atoms with Crippen LogP contribution in [0.3, 0.4) is 0 Å². The standard InChI is InChI=1S/C13H30NO/c1-5-8-10-14(7-3,11-9-6-2)12-13(4)15/h13,15H,5-12H2,1-4H3/q+1. The molecule has 0 heterocycles. The van der Waals surface area contributed by atoms with Gasteiger partial charge in [0.25, 0.3) is 0 Å². The first-order valence-corrected chi connectivity index (χ1v) is 6.63. The minimum absolute atomic E-state index is 0.168. The van der Waals surface area contributed by atoms with E-state index in [0.29, 0.717) is 0 Å². The molecule has 0 radical (unpaired) electrons. The number of likely N-dealkylation sites (N-methyl/N-ethyl adjacent to an activating group) is 1. The zero-order valence-corrected chi connectivity index (χ0v) is 11.1. The molecule has 0 aliphatic rings. The second-order valence-corrected chi connectivity index (χ2v) is 4.84. The molecule has 0 aliphatic carbocycles. The van der Waals surface area contributed by atoms with Gasteiger partial charge in [-0.15, -0.1) is 0 Å². The van der Waals surface area contributed by atoms with E-state index >= 15 is 0 Å². The number of hydrogen-bond acceptors (Lipinski definition) is 1. The highest BCUT2D eigenvalue weighted by Gasteiger charge is 2.25. The zero-order valence-electron chi connectivity index (χ0n) is 11.1. The van der Waals surface area contributed by atoms with Crippen molar-refractivity contribution in [2.24, 2.45) is 0 Å². The maximum absolute atomic E-state index is 9.60. The number of quaternary nitrogens is 1. The summed E-state index contributed by atoms with van der Waals surface area (Å²) in [5.41, 5.74) is 0. The van der Waals surface area contributed by atoms with Crippen molar-refractivity contribution < 1.29 is 9.59 Å². The average molecular weight is 216 g/mol. The Morgan fingerprint density at radius 2 is 1.47 bits per heavy atom. The van der Waals surface area contributed by atoms with Gasteiger partial charge < -0.3 is 9.59 Å². The summed E-state index contributed by atoms with van der Waals surface area (Å²) in [5, 5.41) is 9.60. The van der Waals surface area contributed by atoms with Gasteiger partial charge in [-0.25, -0.2) is 0 Å². The number of aliphatic hydroxyl groups excluding tert-OH is 1. The van der Waals surface area contributed by atoms with E-state index in [2.05, 4.69) is 20.8 Å². The second kappa shape index (κ2) is 8.12. The van der Waals surface area contributed by atoms with Crippen LogP contribution in [0.5, 0.6) is 0 Å². The summed E-state index contributed by atoms with van der Waals surface area (Å²) in [7, 11) is 0. The van der Waals surface area contributed by atoms with Gasteiger partial charge in [0.1, 0.15) is 12.6 Å². The maximum atomic E-state index is 9.60. The fourth-order valence-electron chi connectivity index (χ4n) is 2.29. The molecule has 0 saturated heterocycles. The van der Waals surface area contributed by atoms with Crippen LogP contribution in [0.25, 0.3) is 0 Å². The van der Waals surface area contributed by atoms with Gasteiger partial charge in [-0.2, -0.15) is 0 Å². The SMILES string of the molecule is CCCC[N+](CC)(CCCC)CC(C)O. The minimum Gasteiger partial charge on any atom is -0.388 e. The molecule has 2 heteroatoms. The molecule has 1 atom stereocenters. The molecule has 0 amide bonds. The first-order valence-electron chi connectivity index (χ1n) is 6.63. The summed E-state index contributed by atoms with van der Waals surface area (Å²) in [5.74, 6) is 0. The highest BCUT2D eigenvalue weighted by molar-refractivity contribution is 4.50. The molecule has 0 aromatic carbocycles. The van der Waals surface area contributed by atoms with Gasteiger partial charge >= 0.3 is 0 Å². The number of hydrogen-bond donors (Lipinski definition) is 1. The van der Waals surface area contributed by atoms with Crippen LogP contribution in [0, 0.1) is 0 Å². The third-order valence-electron chi connectivity index (χ3n) is 3.29. The van der Waals surface area contributed by atoms with E-state index in [0.717, 1.165) is 17.6 Å². The van der Waals surface area contributed by atoms with Crippen molar-refractivity contribution in [3.05, 3.63) is 0 Å². The van der Waals surface area contributed by atoms with Crippen molar-refractivity contribution in [2.75, 3.05) is 26.2 Å². The lowest BCUT2D eigenvalue weighted by Gasteiger charge is -2.39. The third-order valence-corrected chi connectivity index (χ3v) is 3.29. The first kappa shape index (κ1) is 14.9. The lowest BCUT2D eigenvalue weighted by molar-refractivity contribution is -0.929. The summed E-state index contributed by atoms with van der Waals surface area (Å²) in [4.78, 5) is 0. The molecular weight excluding hydrogens is 186 g/mol. The number of unbranched alkanes of at least 4 members (excludes halogenated alkanes) is 2. The molecule has 1 N–H and O–H groups in total. The summed E-state index contributed by atoms with van der Waals surface area (Å²) in [6.07, 6.45) is 4.91. The Hall–Kier alpha value is -0.0800. The second-order valence-electron chi connectivity index (χ2n) is 4.84. The molecule has 2 nitrogen and oxygen atoms in total. The van der Waals surface area contributed by atoms with E-state index < -0.39 is 0 Å². The summed E-state index contributed by atoms with van der Waals surface area (Å²) >= 11 is 0. The normalized spacial score (nSPS) is 14.2. The fraction of sp³-hybridized carbons (Fsp3) is 1.00. The Morgan fingerprint density at radius 1 is 1.00 bits per heavy atom. The number of rotatable bonds is 9. The number of aliphatic hydroxyl groups is 1. The van der Waals surface area contributed by atoms with Gasteiger partial charge in [-0.1, -0.05) is 26.7 Å². The van der Waals surface area contributed by atoms with Crippen LogP contribution in [0.15, 0.2) is 0 Å². The van der Waals surface area contributed by atoms with Crippen LogP contribution in [0.4, 0.5) is 0 Å². The van der Waals surface area contributed by atoms with Crippen molar-refractivity contribution in [3.8, 4) is 0 Å². The quantitative estimate of drug-likeness (QED) is 0.588. The van der Waals surface area contributed by atoms with Crippen LogP contribution in [0.2, 0.25) is 0 Å². The molecule has 0 bridgehead atoms. The van der Waals surface area contributed by atoms with Crippen molar-refractivity contribution in [1.29, 1.82) is 0 Å². The van der Waals surface area contributed by atoms with Crippen molar-refractivity contribution >= 4 is 0 Å². The number of nitrogens with zero attached hydrogens (tertiary/aromatic N) is 1. The summed E-state index contributed by atoms with van der Waals surface area (Å²) < 4.78 is 1.11. The predicted octanol–water partition coefficient (Wildman–Crippen LogP) is 2.80. The lowest BCUT2D eigenvalue weighted by atomic mass is 10.2. The van der Waals surface area contributed by atoms with E-state index in [1.165, 1.54) is 38.8 Å². The van der Waals surface area contributed by atoms with Crippen LogP contribution in [-0.2, 0) is 0 Å². The largest absolute Gasteiger partial charge is 0.388 e. The highest BCUT2D eigenvalue weighted by atomic mass is 16.3. The highest BCUT2D eigenvalue weighted by Crippen LogP contribution is 2.13. The third kappa shape index (κ3) is 6.16. The van der Waals surface area contributed by atoms with Gasteiger partial charge in [0.05, 0.1) is 19.6 Å². The van der Waals surface area contributed by atoms with Crippen molar-refractivity contribution in [2.45, 2.75) is 59.5 Å². The molecule has 0 saturated carbocycles. The molecule has 15 heavy (non-hydrogen) atoms. The Bertz CT molecular complexity index is 137. The van der Waals surface area contributed by atoms with Gasteiger partial charge in [-0.3, -0.25) is 0 Å². The molecule has 0 aromatic heterocycles. The Labute approximate surface area is 95.9 Å². The van der Waals surface area contributed by atoms with Crippen LogP contribution in [-0.4, -0.2) is 41.9 Å². The van der Waals surface area contributed by atoms with Crippen LogP contribution < -0.4 is 0 Å². The van der Waals surface area contributed by atoms with Crippen molar-refractivity contribution in [1.82, 2.24) is 0 Å². The molecule has 0 aromatic rings. The van der Waals surface area contributed by atoms with E-state index in [1.807, 2.05) is 6.92 Å². The molecule has 92 valence electrons. The summed E-state index contributed by atoms with van der Waals surface area (Å²) in [6.45, 7) is 13.2. The van der Waals surface area contributed by atoms with Gasteiger partial charge in [0.15, 0.2) is 0 Å². The molecule has 0 fully saturated rings. The Balaban J connectivity index is 4.30. The molecule has 0 aliphatic heterocycles. The molecule has 1 unspecified atom stereocenters. The average Bonchev–Trinajstić information content (AvgIpc) is 2.22. The minimum atomic E-state index is -0.168. The van der Waals surface area contributed by atoms with Crippen LogP contribution in [0.1, 0.15) is 53.4 Å².